The van der Waals surface area contributed by atoms with E-state index >= 15 is 0 Å². The molecule has 0 aliphatic rings. The fourth-order valence-corrected chi connectivity index (χ4v) is 4.30. The van der Waals surface area contributed by atoms with Gasteiger partial charge in [-0.05, 0) is 62.4 Å². The molecule has 4 aromatic rings. The molecule has 0 fully saturated rings. The SMILES string of the molecule is C=C.C=N/C(C(=C)C)=C(\C(=O)NC(C)c1nc2cccc(C#Cc3ccn(C)n3)c2c(=O)n1-c1ccccc1)C(N)=NC. The number of carbonyl (C=O) groups excluding carboxylic acids is 1. The van der Waals surface area contributed by atoms with Crippen molar-refractivity contribution < 1.29 is 4.79 Å². The third-order valence-corrected chi connectivity index (χ3v) is 6.23. The number of amidine groups is 1. The first-order chi connectivity index (χ1) is 20.7. The van der Waals surface area contributed by atoms with E-state index in [0.717, 1.165) is 0 Å². The van der Waals surface area contributed by atoms with Crippen LogP contribution < -0.4 is 16.6 Å². The highest BCUT2D eigenvalue weighted by molar-refractivity contribution is 6.21. The summed E-state index contributed by atoms with van der Waals surface area (Å²) < 4.78 is 3.13. The number of allylic oxidation sites excluding steroid dienone is 1. The summed E-state index contributed by atoms with van der Waals surface area (Å²) in [7, 11) is 3.28. The van der Waals surface area contributed by atoms with Gasteiger partial charge in [0.1, 0.15) is 22.9 Å². The zero-order valence-electron chi connectivity index (χ0n) is 24.8. The number of nitrogens with two attached hydrogens (primary N) is 1. The molecule has 4 rings (SSSR count). The number of fused-ring (bicyclic) bond motifs is 1. The molecule has 1 unspecified atom stereocenters. The summed E-state index contributed by atoms with van der Waals surface area (Å²) >= 11 is 0. The van der Waals surface area contributed by atoms with E-state index in [2.05, 4.69) is 58.7 Å². The largest absolute Gasteiger partial charge is 0.383 e. The van der Waals surface area contributed by atoms with Crippen LogP contribution in [0.4, 0.5) is 0 Å². The number of nitrogens with one attached hydrogen (secondary N) is 1. The Morgan fingerprint density at radius 3 is 2.37 bits per heavy atom. The molecule has 43 heavy (non-hydrogen) atoms. The summed E-state index contributed by atoms with van der Waals surface area (Å²) in [6.07, 6.45) is 1.80. The van der Waals surface area contributed by atoms with Gasteiger partial charge < -0.3 is 11.1 Å². The fourth-order valence-electron chi connectivity index (χ4n) is 4.30. The van der Waals surface area contributed by atoms with Crippen molar-refractivity contribution in [2.45, 2.75) is 19.9 Å². The zero-order chi connectivity index (χ0) is 31.7. The van der Waals surface area contributed by atoms with Crippen LogP contribution in [-0.2, 0) is 11.8 Å². The Morgan fingerprint density at radius 2 is 1.79 bits per heavy atom. The number of carbonyl (C=O) groups is 1. The maximum absolute atomic E-state index is 14.1. The molecule has 0 spiro atoms. The summed E-state index contributed by atoms with van der Waals surface area (Å²) in [6.45, 7) is 16.8. The quantitative estimate of drug-likeness (QED) is 0.0859. The number of amides is 1. The van der Waals surface area contributed by atoms with Gasteiger partial charge in [-0.2, -0.15) is 5.10 Å². The molecule has 10 heteroatoms. The summed E-state index contributed by atoms with van der Waals surface area (Å²) in [6, 6.07) is 15.4. The van der Waals surface area contributed by atoms with E-state index in [-0.39, 0.29) is 22.7 Å². The van der Waals surface area contributed by atoms with E-state index in [1.165, 1.54) is 11.6 Å². The first-order valence-corrected chi connectivity index (χ1v) is 13.2. The molecule has 0 saturated heterocycles. The number of aryl methyl sites for hydroxylation is 1. The van der Waals surface area contributed by atoms with Gasteiger partial charge in [0.15, 0.2) is 0 Å². The molecule has 10 nitrogen and oxygen atoms in total. The molecule has 3 N–H and O–H groups in total. The average Bonchev–Trinajstić information content (AvgIpc) is 3.43. The predicted octanol–water partition coefficient (Wildman–Crippen LogP) is 4.02. The van der Waals surface area contributed by atoms with Crippen molar-refractivity contribution in [3.63, 3.8) is 0 Å². The highest BCUT2D eigenvalue weighted by Gasteiger charge is 2.25. The van der Waals surface area contributed by atoms with Crippen LogP contribution in [0.2, 0.25) is 0 Å². The Labute approximate surface area is 250 Å². The second-order valence-electron chi connectivity index (χ2n) is 9.24. The van der Waals surface area contributed by atoms with E-state index in [9.17, 15) is 9.59 Å². The van der Waals surface area contributed by atoms with Crippen LogP contribution in [0.1, 0.15) is 37.0 Å². The maximum atomic E-state index is 14.1. The van der Waals surface area contributed by atoms with E-state index in [1.54, 1.807) is 61.1 Å². The van der Waals surface area contributed by atoms with Crippen molar-refractivity contribution in [2.75, 3.05) is 7.05 Å². The normalized spacial score (nSPS) is 12.1. The number of hydrogen-bond donors (Lipinski definition) is 2. The third-order valence-electron chi connectivity index (χ3n) is 6.23. The molecule has 1 atom stereocenters. The van der Waals surface area contributed by atoms with E-state index in [1.807, 2.05) is 25.2 Å². The van der Waals surface area contributed by atoms with Gasteiger partial charge >= 0.3 is 0 Å². The van der Waals surface area contributed by atoms with Gasteiger partial charge in [-0.1, -0.05) is 36.8 Å². The molecule has 218 valence electrons. The van der Waals surface area contributed by atoms with Gasteiger partial charge in [-0.3, -0.25) is 28.8 Å². The Kier molecular flexibility index (Phi) is 10.5. The molecule has 0 radical (unpaired) electrons. The van der Waals surface area contributed by atoms with Gasteiger partial charge in [-0.25, -0.2) is 4.98 Å². The molecule has 0 aliphatic carbocycles. The van der Waals surface area contributed by atoms with Crippen LogP contribution in [0.25, 0.3) is 16.6 Å². The van der Waals surface area contributed by atoms with Crippen LogP contribution in [0.15, 0.2) is 112 Å². The van der Waals surface area contributed by atoms with Crippen molar-refractivity contribution >= 4 is 29.4 Å². The summed E-state index contributed by atoms with van der Waals surface area (Å²) in [4.78, 5) is 40.4. The van der Waals surface area contributed by atoms with Crippen molar-refractivity contribution in [1.29, 1.82) is 0 Å². The maximum Gasteiger partial charge on any atom is 0.267 e. The van der Waals surface area contributed by atoms with Gasteiger partial charge in [-0.15, -0.1) is 13.2 Å². The second kappa shape index (κ2) is 14.2. The number of nitrogens with zero attached hydrogens (tertiary/aromatic N) is 6. The number of benzene rings is 2. The predicted molar refractivity (Wildman–Crippen MR) is 173 cm³/mol. The lowest BCUT2D eigenvalue weighted by molar-refractivity contribution is -0.117. The minimum absolute atomic E-state index is 0.0249. The molecular formula is C33H34N8O2. The van der Waals surface area contributed by atoms with Crippen molar-refractivity contribution in [2.24, 2.45) is 22.8 Å². The molecule has 0 saturated carbocycles. The molecule has 0 bridgehead atoms. The standard InChI is InChI=1S/C31H30N8O2.C2H4/c1-19(2)27(33-4)26(28(32)34-5)30(40)35-20(3)29-36-24-14-10-11-21(15-16-22-17-18-38(6)37-22)25(24)31(41)39(29)23-12-8-7-9-13-23;1-2/h7-14,17-18,20H,1,4H2,2-3,5-6H3,(H2,32,34)(H,35,40);1-2H2/b27-26-;. The number of aliphatic imine (C=N–C) groups is 2. The molecule has 2 aromatic carbocycles. The van der Waals surface area contributed by atoms with E-state index in [4.69, 9.17) is 10.7 Å². The lowest BCUT2D eigenvalue weighted by Gasteiger charge is -2.21. The van der Waals surface area contributed by atoms with Crippen molar-refractivity contribution in [1.82, 2.24) is 24.6 Å². The molecule has 1 amide bonds. The van der Waals surface area contributed by atoms with E-state index < -0.39 is 11.9 Å². The Morgan fingerprint density at radius 1 is 1.09 bits per heavy atom. The molecule has 2 aromatic heterocycles. The minimum Gasteiger partial charge on any atom is -0.383 e. The second-order valence-corrected chi connectivity index (χ2v) is 9.24. The number of aromatic nitrogens is 4. The number of para-hydroxylation sites is 1. The lowest BCUT2D eigenvalue weighted by Crippen LogP contribution is -2.37. The highest BCUT2D eigenvalue weighted by Crippen LogP contribution is 2.22. The van der Waals surface area contributed by atoms with Gasteiger partial charge in [0.2, 0.25) is 0 Å². The summed E-state index contributed by atoms with van der Waals surface area (Å²) in [5.74, 6) is 5.81. The monoisotopic (exact) mass is 574 g/mol. The number of rotatable bonds is 7. The summed E-state index contributed by atoms with van der Waals surface area (Å²) in [5.41, 5.74) is 8.60. The topological polar surface area (TPSA) is 133 Å². The van der Waals surface area contributed by atoms with Gasteiger partial charge in [0.25, 0.3) is 11.5 Å². The van der Waals surface area contributed by atoms with Crippen molar-refractivity contribution in [3.8, 4) is 17.5 Å². The van der Waals surface area contributed by atoms with Crippen molar-refractivity contribution in [3.05, 3.63) is 125 Å². The lowest BCUT2D eigenvalue weighted by atomic mass is 10.1. The van der Waals surface area contributed by atoms with Crippen LogP contribution in [0.5, 0.6) is 0 Å². The first kappa shape index (κ1) is 31.7. The van der Waals surface area contributed by atoms with Gasteiger partial charge in [0.05, 0.1) is 28.3 Å². The number of hydrogen-bond acceptors (Lipinski definition) is 6. The molecule has 0 aliphatic heterocycles. The Bertz CT molecular complexity index is 1870. The average molecular weight is 575 g/mol. The fraction of sp³-hybridized carbons (Fsp3) is 0.152. The summed E-state index contributed by atoms with van der Waals surface area (Å²) in [5, 5.41) is 7.54. The van der Waals surface area contributed by atoms with Crippen LogP contribution in [0.3, 0.4) is 0 Å². The van der Waals surface area contributed by atoms with Crippen LogP contribution in [0, 0.1) is 11.8 Å². The van der Waals surface area contributed by atoms with E-state index in [0.29, 0.717) is 39.2 Å². The molecule has 2 heterocycles. The van der Waals surface area contributed by atoms with Crippen LogP contribution in [-0.4, -0.2) is 44.8 Å². The van der Waals surface area contributed by atoms with Gasteiger partial charge in [0, 0.05) is 25.9 Å². The highest BCUT2D eigenvalue weighted by atomic mass is 16.2. The first-order valence-electron chi connectivity index (χ1n) is 13.2. The van der Waals surface area contributed by atoms with Crippen LogP contribution >= 0.6 is 0 Å². The Hall–Kier alpha value is -5.82. The zero-order valence-corrected chi connectivity index (χ0v) is 24.8. The Balaban J connectivity index is 0.00000248. The minimum atomic E-state index is -0.737. The molecular weight excluding hydrogens is 540 g/mol. The smallest absolute Gasteiger partial charge is 0.267 e. The third kappa shape index (κ3) is 6.92.